The molecule has 0 radical (unpaired) electrons. The highest BCUT2D eigenvalue weighted by Crippen LogP contribution is 2.25. The van der Waals surface area contributed by atoms with Crippen LogP contribution in [0.15, 0.2) is 54.6 Å². The standard InChI is InChI=1S/C23H31N3O2/c1-18-9-11-20(12-10-18)21(19-7-5-4-6-8-19)24-22(27)26-15-13-23(28,14-16-26)17-25(2)3/h4-12,21,28H,13-17H2,1-3H3,(H,24,27)/t21-/m0/s1. The lowest BCUT2D eigenvalue weighted by Gasteiger charge is -2.40. The lowest BCUT2D eigenvalue weighted by molar-refractivity contribution is -0.0294. The van der Waals surface area contributed by atoms with Gasteiger partial charge in [-0.05, 0) is 45.0 Å². The molecule has 1 aliphatic rings. The van der Waals surface area contributed by atoms with E-state index in [2.05, 4.69) is 36.5 Å². The van der Waals surface area contributed by atoms with E-state index in [0.29, 0.717) is 32.5 Å². The molecule has 3 rings (SSSR count). The van der Waals surface area contributed by atoms with Crippen molar-refractivity contribution in [3.63, 3.8) is 0 Å². The third-order valence-corrected chi connectivity index (χ3v) is 5.40. The summed E-state index contributed by atoms with van der Waals surface area (Å²) in [5, 5.41) is 13.9. The zero-order valence-corrected chi connectivity index (χ0v) is 17.1. The summed E-state index contributed by atoms with van der Waals surface area (Å²) in [5.74, 6) is 0. The lowest BCUT2D eigenvalue weighted by Crippen LogP contribution is -2.53. The Balaban J connectivity index is 1.71. The van der Waals surface area contributed by atoms with Crippen molar-refractivity contribution >= 4 is 6.03 Å². The molecule has 1 atom stereocenters. The highest BCUT2D eigenvalue weighted by Gasteiger charge is 2.34. The Morgan fingerprint density at radius 1 is 1.07 bits per heavy atom. The van der Waals surface area contributed by atoms with Gasteiger partial charge in [0.2, 0.25) is 0 Å². The second-order valence-electron chi connectivity index (χ2n) is 8.15. The van der Waals surface area contributed by atoms with Crippen LogP contribution >= 0.6 is 0 Å². The number of likely N-dealkylation sites (tertiary alicyclic amines) is 1. The number of piperidine rings is 1. The molecule has 0 aromatic heterocycles. The second-order valence-corrected chi connectivity index (χ2v) is 8.15. The molecule has 2 aromatic rings. The average Bonchev–Trinajstić information content (AvgIpc) is 2.67. The molecule has 150 valence electrons. The SMILES string of the molecule is Cc1ccc([C@@H](NC(=O)N2CCC(O)(CN(C)C)CC2)c2ccccc2)cc1. The minimum Gasteiger partial charge on any atom is -0.388 e. The molecule has 0 unspecified atom stereocenters. The first-order valence-corrected chi connectivity index (χ1v) is 9.90. The van der Waals surface area contributed by atoms with Crippen LogP contribution in [0, 0.1) is 6.92 Å². The van der Waals surface area contributed by atoms with E-state index in [-0.39, 0.29) is 12.1 Å². The molecule has 5 heteroatoms. The molecule has 28 heavy (non-hydrogen) atoms. The number of nitrogens with zero attached hydrogens (tertiary/aromatic N) is 2. The largest absolute Gasteiger partial charge is 0.388 e. The van der Waals surface area contributed by atoms with Gasteiger partial charge in [-0.25, -0.2) is 4.79 Å². The number of nitrogens with one attached hydrogen (secondary N) is 1. The molecule has 0 saturated carbocycles. The minimum atomic E-state index is -0.712. The van der Waals surface area contributed by atoms with Crippen molar-refractivity contribution in [2.24, 2.45) is 0 Å². The van der Waals surface area contributed by atoms with Crippen LogP contribution in [0.25, 0.3) is 0 Å². The Morgan fingerprint density at radius 3 is 2.21 bits per heavy atom. The number of rotatable bonds is 5. The molecule has 5 nitrogen and oxygen atoms in total. The fraction of sp³-hybridized carbons (Fsp3) is 0.435. The maximum absolute atomic E-state index is 13.0. The van der Waals surface area contributed by atoms with Gasteiger partial charge in [0.05, 0.1) is 11.6 Å². The number of aryl methyl sites for hydroxylation is 1. The highest BCUT2D eigenvalue weighted by molar-refractivity contribution is 5.75. The average molecular weight is 382 g/mol. The molecule has 1 saturated heterocycles. The van der Waals surface area contributed by atoms with E-state index >= 15 is 0 Å². The molecular weight excluding hydrogens is 350 g/mol. The fourth-order valence-electron chi connectivity index (χ4n) is 3.85. The Kier molecular flexibility index (Phi) is 6.37. The van der Waals surface area contributed by atoms with Crippen LogP contribution in [0.1, 0.15) is 35.6 Å². The van der Waals surface area contributed by atoms with E-state index in [4.69, 9.17) is 0 Å². The van der Waals surface area contributed by atoms with Crippen LogP contribution in [0.4, 0.5) is 4.79 Å². The van der Waals surface area contributed by atoms with Gasteiger partial charge < -0.3 is 20.2 Å². The maximum Gasteiger partial charge on any atom is 0.318 e. The summed E-state index contributed by atoms with van der Waals surface area (Å²) >= 11 is 0. The number of aliphatic hydroxyl groups is 1. The van der Waals surface area contributed by atoms with Crippen molar-refractivity contribution in [3.8, 4) is 0 Å². The van der Waals surface area contributed by atoms with Crippen molar-refractivity contribution in [2.45, 2.75) is 31.4 Å². The topological polar surface area (TPSA) is 55.8 Å². The highest BCUT2D eigenvalue weighted by atomic mass is 16.3. The van der Waals surface area contributed by atoms with Gasteiger partial charge in [-0.3, -0.25) is 0 Å². The number of likely N-dealkylation sites (N-methyl/N-ethyl adjacent to an activating group) is 1. The van der Waals surface area contributed by atoms with Crippen LogP contribution in [-0.4, -0.2) is 60.3 Å². The Bertz CT molecular complexity index is 766. The lowest BCUT2D eigenvalue weighted by atomic mass is 9.91. The van der Waals surface area contributed by atoms with E-state index in [0.717, 1.165) is 11.1 Å². The molecule has 2 aromatic carbocycles. The summed E-state index contributed by atoms with van der Waals surface area (Å²) in [4.78, 5) is 16.8. The number of benzene rings is 2. The smallest absolute Gasteiger partial charge is 0.318 e. The van der Waals surface area contributed by atoms with Gasteiger partial charge in [-0.1, -0.05) is 60.2 Å². The van der Waals surface area contributed by atoms with Gasteiger partial charge in [-0.15, -0.1) is 0 Å². The van der Waals surface area contributed by atoms with E-state index in [1.165, 1.54) is 5.56 Å². The first-order valence-electron chi connectivity index (χ1n) is 9.90. The fourth-order valence-corrected chi connectivity index (χ4v) is 3.85. The van der Waals surface area contributed by atoms with Crippen LogP contribution < -0.4 is 5.32 Å². The summed E-state index contributed by atoms with van der Waals surface area (Å²) in [6.45, 7) is 3.80. The molecule has 1 fully saturated rings. The predicted octanol–water partition coefficient (Wildman–Crippen LogP) is 3.18. The van der Waals surface area contributed by atoms with Crippen molar-refractivity contribution in [2.75, 3.05) is 33.7 Å². The van der Waals surface area contributed by atoms with Crippen molar-refractivity contribution in [3.05, 3.63) is 71.3 Å². The predicted molar refractivity (Wildman–Crippen MR) is 112 cm³/mol. The number of carbonyl (C=O) groups excluding carboxylic acids is 1. The van der Waals surface area contributed by atoms with Crippen molar-refractivity contribution in [1.29, 1.82) is 0 Å². The van der Waals surface area contributed by atoms with E-state index in [1.807, 2.05) is 54.2 Å². The summed E-state index contributed by atoms with van der Waals surface area (Å²) in [7, 11) is 3.92. The van der Waals surface area contributed by atoms with Crippen molar-refractivity contribution < 1.29 is 9.90 Å². The molecular formula is C23H31N3O2. The normalized spacial score (nSPS) is 17.4. The van der Waals surface area contributed by atoms with E-state index in [1.54, 1.807) is 0 Å². The molecule has 1 aliphatic heterocycles. The number of urea groups is 1. The molecule has 0 aliphatic carbocycles. The Labute approximate surface area is 168 Å². The third kappa shape index (κ3) is 5.12. The summed E-state index contributed by atoms with van der Waals surface area (Å²) in [6, 6.07) is 18.0. The number of amides is 2. The maximum atomic E-state index is 13.0. The summed E-state index contributed by atoms with van der Waals surface area (Å²) in [6.07, 6.45) is 1.19. The Morgan fingerprint density at radius 2 is 1.64 bits per heavy atom. The quantitative estimate of drug-likeness (QED) is 0.836. The molecule has 2 N–H and O–H groups in total. The van der Waals surface area contributed by atoms with Crippen LogP contribution in [0.3, 0.4) is 0 Å². The van der Waals surface area contributed by atoms with Gasteiger partial charge in [0.25, 0.3) is 0 Å². The van der Waals surface area contributed by atoms with Gasteiger partial charge in [-0.2, -0.15) is 0 Å². The van der Waals surface area contributed by atoms with Crippen LogP contribution in [-0.2, 0) is 0 Å². The van der Waals surface area contributed by atoms with E-state index in [9.17, 15) is 9.90 Å². The first kappa shape index (κ1) is 20.4. The van der Waals surface area contributed by atoms with Crippen molar-refractivity contribution in [1.82, 2.24) is 15.1 Å². The molecule has 2 amide bonds. The number of hydrogen-bond acceptors (Lipinski definition) is 3. The number of carbonyl (C=O) groups is 1. The first-order chi connectivity index (χ1) is 13.4. The summed E-state index contributed by atoms with van der Waals surface area (Å²) < 4.78 is 0. The minimum absolute atomic E-state index is 0.0821. The third-order valence-electron chi connectivity index (χ3n) is 5.40. The monoisotopic (exact) mass is 381 g/mol. The Hall–Kier alpha value is -2.37. The van der Waals surface area contributed by atoms with Gasteiger partial charge in [0.1, 0.15) is 0 Å². The van der Waals surface area contributed by atoms with Gasteiger partial charge in [0.15, 0.2) is 0 Å². The zero-order chi connectivity index (χ0) is 20.1. The molecule has 1 heterocycles. The van der Waals surface area contributed by atoms with Gasteiger partial charge in [0, 0.05) is 19.6 Å². The van der Waals surface area contributed by atoms with E-state index < -0.39 is 5.60 Å². The van der Waals surface area contributed by atoms with Gasteiger partial charge >= 0.3 is 6.03 Å². The van der Waals surface area contributed by atoms with Crippen LogP contribution in [0.5, 0.6) is 0 Å². The second kappa shape index (κ2) is 8.76. The molecule has 0 bridgehead atoms. The molecule has 0 spiro atoms. The summed E-state index contributed by atoms with van der Waals surface area (Å²) in [5.41, 5.74) is 2.60. The number of hydrogen-bond donors (Lipinski definition) is 2. The zero-order valence-electron chi connectivity index (χ0n) is 17.1. The van der Waals surface area contributed by atoms with Crippen LogP contribution in [0.2, 0.25) is 0 Å².